The van der Waals surface area contributed by atoms with Crippen LogP contribution in [0, 0.1) is 5.82 Å². The van der Waals surface area contributed by atoms with Gasteiger partial charge in [-0.15, -0.1) is 0 Å². The van der Waals surface area contributed by atoms with Gasteiger partial charge >= 0.3 is 0 Å². The minimum Gasteiger partial charge on any atom is -0.377 e. The highest BCUT2D eigenvalue weighted by molar-refractivity contribution is 5.78. The number of rotatable bonds is 4. The van der Waals surface area contributed by atoms with Crippen LogP contribution in [0.25, 0.3) is 10.9 Å². The Bertz CT molecular complexity index is 793. The second-order valence-corrected chi connectivity index (χ2v) is 7.06. The predicted octanol–water partition coefficient (Wildman–Crippen LogP) is 1.96. The maximum atomic E-state index is 13.3. The first kappa shape index (κ1) is 16.7. The molecule has 1 N–H and O–H groups in total. The third kappa shape index (κ3) is 3.92. The Morgan fingerprint density at radius 1 is 1.16 bits per heavy atom. The van der Waals surface area contributed by atoms with Crippen molar-refractivity contribution < 1.29 is 9.13 Å². The Kier molecular flexibility index (Phi) is 4.83. The van der Waals surface area contributed by atoms with Crippen molar-refractivity contribution in [2.75, 3.05) is 39.3 Å². The van der Waals surface area contributed by atoms with Crippen LogP contribution in [-0.2, 0) is 11.3 Å². The lowest BCUT2D eigenvalue weighted by Crippen LogP contribution is -2.48. The maximum Gasteiger partial charge on any atom is 0.189 e. The zero-order chi connectivity index (χ0) is 17.2. The molecule has 0 spiro atoms. The topological polar surface area (TPSA) is 48.6 Å². The molecule has 3 heterocycles. The number of benzene rings is 1. The molecule has 0 bridgehead atoms. The zero-order valence-corrected chi connectivity index (χ0v) is 14.3. The molecule has 1 unspecified atom stereocenters. The van der Waals surface area contributed by atoms with Gasteiger partial charge in [0, 0.05) is 68.5 Å². The molecule has 134 valence electrons. The number of nitrogens with zero attached hydrogens (tertiary/aromatic N) is 2. The summed E-state index contributed by atoms with van der Waals surface area (Å²) in [7, 11) is 0. The molecule has 0 aliphatic carbocycles. The predicted molar refractivity (Wildman–Crippen MR) is 95.2 cm³/mol. The number of aromatic nitrogens is 1. The van der Waals surface area contributed by atoms with Crippen LogP contribution in [0.5, 0.6) is 0 Å². The smallest absolute Gasteiger partial charge is 0.189 e. The molecule has 25 heavy (non-hydrogen) atoms. The third-order valence-electron chi connectivity index (χ3n) is 5.19. The highest BCUT2D eigenvalue weighted by atomic mass is 19.1. The first-order valence-electron chi connectivity index (χ1n) is 9.05. The summed E-state index contributed by atoms with van der Waals surface area (Å²) >= 11 is 0. The third-order valence-corrected chi connectivity index (χ3v) is 5.19. The highest BCUT2D eigenvalue weighted by Gasteiger charge is 2.23. The van der Waals surface area contributed by atoms with Gasteiger partial charge in [0.15, 0.2) is 5.43 Å². The number of pyridine rings is 1. The van der Waals surface area contributed by atoms with Crippen molar-refractivity contribution in [3.63, 3.8) is 0 Å². The Morgan fingerprint density at radius 2 is 1.96 bits per heavy atom. The van der Waals surface area contributed by atoms with E-state index < -0.39 is 0 Å². The summed E-state index contributed by atoms with van der Waals surface area (Å²) in [6.07, 6.45) is 2.77. The minimum atomic E-state index is -0.381. The van der Waals surface area contributed by atoms with Gasteiger partial charge in [-0.1, -0.05) is 0 Å². The summed E-state index contributed by atoms with van der Waals surface area (Å²) in [6.45, 7) is 6.69. The number of hydrogen-bond donors (Lipinski definition) is 1. The van der Waals surface area contributed by atoms with Crippen LogP contribution >= 0.6 is 0 Å². The summed E-state index contributed by atoms with van der Waals surface area (Å²) in [5.74, 6) is -0.381. The van der Waals surface area contributed by atoms with E-state index in [0.717, 1.165) is 51.6 Å². The lowest BCUT2D eigenvalue weighted by atomic mass is 10.1. The molecule has 2 aliphatic heterocycles. The van der Waals surface area contributed by atoms with Crippen molar-refractivity contribution in [2.24, 2.45) is 0 Å². The summed E-state index contributed by atoms with van der Waals surface area (Å²) in [5.41, 5.74) is 1.46. The summed E-state index contributed by atoms with van der Waals surface area (Å²) in [4.78, 5) is 20.3. The second kappa shape index (κ2) is 7.23. The molecule has 5 nitrogen and oxygen atoms in total. The maximum absolute atomic E-state index is 13.3. The van der Waals surface area contributed by atoms with Crippen molar-refractivity contribution in [3.8, 4) is 0 Å². The van der Waals surface area contributed by atoms with Gasteiger partial charge < -0.3 is 9.72 Å². The van der Waals surface area contributed by atoms with Gasteiger partial charge in [-0.05, 0) is 31.0 Å². The number of fused-ring (bicyclic) bond motifs is 1. The van der Waals surface area contributed by atoms with Crippen LogP contribution in [0.3, 0.4) is 0 Å². The first-order chi connectivity index (χ1) is 12.2. The van der Waals surface area contributed by atoms with Crippen LogP contribution in [0.15, 0.2) is 29.1 Å². The normalized spacial score (nSPS) is 22.7. The number of halogens is 1. The molecule has 1 aromatic carbocycles. The fourth-order valence-electron chi connectivity index (χ4n) is 3.81. The Labute approximate surface area is 146 Å². The fraction of sp³-hybridized carbons (Fsp3) is 0.526. The minimum absolute atomic E-state index is 0.125. The van der Waals surface area contributed by atoms with E-state index in [4.69, 9.17) is 4.74 Å². The molecular formula is C19H24FN3O2. The number of H-pyrrole nitrogens is 1. The van der Waals surface area contributed by atoms with E-state index in [1.165, 1.54) is 25.0 Å². The van der Waals surface area contributed by atoms with E-state index in [2.05, 4.69) is 14.8 Å². The van der Waals surface area contributed by atoms with E-state index in [1.807, 2.05) is 0 Å². The Morgan fingerprint density at radius 3 is 2.72 bits per heavy atom. The average molecular weight is 345 g/mol. The monoisotopic (exact) mass is 345 g/mol. The number of ether oxygens (including phenoxy) is 1. The van der Waals surface area contributed by atoms with Crippen molar-refractivity contribution in [1.29, 1.82) is 0 Å². The van der Waals surface area contributed by atoms with Crippen LogP contribution in [-0.4, -0.2) is 60.2 Å². The quantitative estimate of drug-likeness (QED) is 0.920. The summed E-state index contributed by atoms with van der Waals surface area (Å²) in [5, 5.41) is 0.408. The van der Waals surface area contributed by atoms with Gasteiger partial charge in [-0.2, -0.15) is 0 Å². The van der Waals surface area contributed by atoms with Crippen molar-refractivity contribution >= 4 is 10.9 Å². The van der Waals surface area contributed by atoms with Crippen molar-refractivity contribution in [3.05, 3.63) is 46.0 Å². The van der Waals surface area contributed by atoms with Gasteiger partial charge in [-0.3, -0.25) is 14.6 Å². The Balaban J connectivity index is 1.37. The van der Waals surface area contributed by atoms with Crippen LogP contribution in [0.1, 0.15) is 18.5 Å². The lowest BCUT2D eigenvalue weighted by molar-refractivity contribution is 0.0487. The number of nitrogens with one attached hydrogen (secondary N) is 1. The second-order valence-electron chi connectivity index (χ2n) is 7.06. The molecule has 4 rings (SSSR count). The van der Waals surface area contributed by atoms with Crippen molar-refractivity contribution in [1.82, 2.24) is 14.8 Å². The van der Waals surface area contributed by atoms with Gasteiger partial charge in [0.1, 0.15) is 5.82 Å². The van der Waals surface area contributed by atoms with Crippen LogP contribution in [0.2, 0.25) is 0 Å². The SMILES string of the molecule is O=c1cc(CN2CCN(CC3CCCO3)CC2)[nH]c2ccc(F)cc12. The standard InChI is InChI=1S/C19H24FN3O2/c20-14-3-4-18-17(10-14)19(24)11-15(21-18)12-22-5-7-23(8-6-22)13-16-2-1-9-25-16/h3-4,10-11,16H,1-2,5-9,12-13H2,(H,21,24). The summed E-state index contributed by atoms with van der Waals surface area (Å²) < 4.78 is 19.0. The molecule has 6 heteroatoms. The summed E-state index contributed by atoms with van der Waals surface area (Å²) in [6, 6.07) is 5.91. The van der Waals surface area contributed by atoms with E-state index in [-0.39, 0.29) is 11.2 Å². The highest BCUT2D eigenvalue weighted by Crippen LogP contribution is 2.16. The van der Waals surface area contributed by atoms with Crippen molar-refractivity contribution in [2.45, 2.75) is 25.5 Å². The molecule has 1 atom stereocenters. The van der Waals surface area contributed by atoms with Gasteiger partial charge in [-0.25, -0.2) is 4.39 Å². The van der Waals surface area contributed by atoms with E-state index >= 15 is 0 Å². The van der Waals surface area contributed by atoms with E-state index in [1.54, 1.807) is 12.1 Å². The number of hydrogen-bond acceptors (Lipinski definition) is 4. The van der Waals surface area contributed by atoms with Crippen LogP contribution in [0.4, 0.5) is 4.39 Å². The molecular weight excluding hydrogens is 321 g/mol. The lowest BCUT2D eigenvalue weighted by Gasteiger charge is -2.35. The van der Waals surface area contributed by atoms with Gasteiger partial charge in [0.05, 0.1) is 6.10 Å². The fourth-order valence-corrected chi connectivity index (χ4v) is 3.81. The van der Waals surface area contributed by atoms with Crippen LogP contribution < -0.4 is 5.43 Å². The molecule has 2 saturated heterocycles. The molecule has 0 amide bonds. The largest absolute Gasteiger partial charge is 0.377 e. The van der Waals surface area contributed by atoms with Gasteiger partial charge in [0.2, 0.25) is 0 Å². The number of aromatic amines is 1. The molecule has 2 fully saturated rings. The van der Waals surface area contributed by atoms with E-state index in [0.29, 0.717) is 17.0 Å². The molecule has 2 aliphatic rings. The first-order valence-corrected chi connectivity index (χ1v) is 9.05. The van der Waals surface area contributed by atoms with Gasteiger partial charge in [0.25, 0.3) is 0 Å². The van der Waals surface area contributed by atoms with E-state index in [9.17, 15) is 9.18 Å². The molecule has 1 aromatic heterocycles. The average Bonchev–Trinajstić information content (AvgIpc) is 3.10. The molecule has 0 radical (unpaired) electrons. The number of piperazine rings is 1. The Hall–Kier alpha value is -1.76. The molecule has 2 aromatic rings. The molecule has 0 saturated carbocycles. The zero-order valence-electron chi connectivity index (χ0n) is 14.3.